The zero-order chi connectivity index (χ0) is 12.0. The van der Waals surface area contributed by atoms with Crippen molar-refractivity contribution in [1.29, 1.82) is 0 Å². The molecule has 0 aliphatic heterocycles. The van der Waals surface area contributed by atoms with Crippen molar-refractivity contribution in [2.24, 2.45) is 0 Å². The molecular formula is C13H10BrFZn. The van der Waals surface area contributed by atoms with Gasteiger partial charge in [0.1, 0.15) is 5.82 Å². The molecule has 0 amide bonds. The number of hydrogen-bond acceptors (Lipinski definition) is 0. The van der Waals surface area contributed by atoms with E-state index in [0.717, 1.165) is 11.1 Å². The van der Waals surface area contributed by atoms with Gasteiger partial charge in [-0.2, -0.15) is 30.3 Å². The van der Waals surface area contributed by atoms with E-state index in [1.54, 1.807) is 13.0 Å². The Morgan fingerprint density at radius 2 is 1.69 bits per heavy atom. The van der Waals surface area contributed by atoms with E-state index in [9.17, 15) is 4.39 Å². The molecule has 0 unspecified atom stereocenters. The normalized spacial score (nSPS) is 9.31. The second-order valence-corrected chi connectivity index (χ2v) is 3.25. The summed E-state index contributed by atoms with van der Waals surface area (Å²) in [6.07, 6.45) is 0. The van der Waals surface area contributed by atoms with E-state index >= 15 is 0 Å². The van der Waals surface area contributed by atoms with Crippen molar-refractivity contribution in [1.82, 2.24) is 0 Å². The number of aryl methyl sites for hydroxylation is 1. The number of benzene rings is 2. The van der Waals surface area contributed by atoms with Crippen molar-refractivity contribution in [3.05, 3.63) is 59.9 Å². The molecule has 16 heavy (non-hydrogen) atoms. The van der Waals surface area contributed by atoms with Crippen LogP contribution in [0.2, 0.25) is 0 Å². The molecule has 0 spiro atoms. The summed E-state index contributed by atoms with van der Waals surface area (Å²) in [6.45, 7) is 1.77. The molecule has 0 radical (unpaired) electrons. The fourth-order valence-electron chi connectivity index (χ4n) is 1.40. The van der Waals surface area contributed by atoms with Crippen molar-refractivity contribution in [3.8, 4) is 11.1 Å². The van der Waals surface area contributed by atoms with E-state index in [0.29, 0.717) is 5.56 Å². The van der Waals surface area contributed by atoms with Gasteiger partial charge in [0, 0.05) is 0 Å². The molecule has 0 saturated carbocycles. The maximum atomic E-state index is 13.0. The van der Waals surface area contributed by atoms with Crippen LogP contribution in [0.25, 0.3) is 11.1 Å². The molecule has 0 bridgehead atoms. The van der Waals surface area contributed by atoms with Crippen molar-refractivity contribution < 1.29 is 20.7 Å². The summed E-state index contributed by atoms with van der Waals surface area (Å²) in [4.78, 5) is 0. The van der Waals surface area contributed by atoms with E-state index in [1.165, 1.54) is 22.4 Å². The molecule has 2 rings (SSSR count). The van der Waals surface area contributed by atoms with Crippen molar-refractivity contribution in [2.45, 2.75) is 6.92 Å². The number of rotatable bonds is 1. The molecule has 2 aromatic rings. The second-order valence-electron chi connectivity index (χ2n) is 3.25. The summed E-state index contributed by atoms with van der Waals surface area (Å²) in [5.74, 6) is -0.156. The van der Waals surface area contributed by atoms with E-state index in [-0.39, 0.29) is 5.82 Å². The van der Waals surface area contributed by atoms with Crippen LogP contribution in [-0.4, -0.2) is 0 Å². The van der Waals surface area contributed by atoms with Gasteiger partial charge in [-0.05, 0) is 24.1 Å². The average molecular weight is 331 g/mol. The van der Waals surface area contributed by atoms with Crippen LogP contribution in [0, 0.1) is 18.8 Å². The van der Waals surface area contributed by atoms with Gasteiger partial charge in [0.05, 0.1) is 0 Å². The molecule has 0 fully saturated rings. The summed E-state index contributed by atoms with van der Waals surface area (Å²) in [7, 11) is 0. The molecule has 0 heterocycles. The van der Waals surface area contributed by atoms with Crippen LogP contribution in [0.1, 0.15) is 5.56 Å². The summed E-state index contributed by atoms with van der Waals surface area (Å²) in [5.41, 5.74) is 2.81. The molecule has 0 N–H and O–H groups in total. The molecule has 2 aromatic carbocycles. The third-order valence-electron chi connectivity index (χ3n) is 2.21. The fraction of sp³-hybridized carbons (Fsp3) is 0.0769. The Balaban J connectivity index is 0.000000606. The maximum absolute atomic E-state index is 13.0. The molecule has 0 atom stereocenters. The van der Waals surface area contributed by atoms with Crippen LogP contribution < -0.4 is 0 Å². The molecule has 78 valence electrons. The van der Waals surface area contributed by atoms with Crippen LogP contribution >= 0.6 is 13.6 Å². The van der Waals surface area contributed by atoms with Crippen LogP contribution in [0.15, 0.2) is 42.5 Å². The first kappa shape index (κ1) is 13.5. The Kier molecular flexibility index (Phi) is 5.86. The molecule has 0 aliphatic carbocycles. The SMILES string of the molecule is Cc1cc(-c2cc[c-]cc2)ccc1F.[Zn+][Br]. The van der Waals surface area contributed by atoms with E-state index in [1.807, 2.05) is 30.3 Å². The molecule has 0 aliphatic rings. The first-order chi connectivity index (χ1) is 7.77. The zero-order valence-electron chi connectivity index (χ0n) is 9.00. The van der Waals surface area contributed by atoms with Gasteiger partial charge in [0.2, 0.25) is 0 Å². The number of hydrogen-bond donors (Lipinski definition) is 0. The molecular weight excluding hydrogens is 320 g/mol. The van der Waals surface area contributed by atoms with E-state index < -0.39 is 0 Å². The molecule has 0 saturated heterocycles. The third-order valence-corrected chi connectivity index (χ3v) is 2.21. The first-order valence-corrected chi connectivity index (χ1v) is 11.7. The van der Waals surface area contributed by atoms with Gasteiger partial charge in [-0.15, -0.1) is 5.56 Å². The minimum atomic E-state index is -0.156. The Morgan fingerprint density at radius 3 is 2.25 bits per heavy atom. The fourth-order valence-corrected chi connectivity index (χ4v) is 1.40. The Morgan fingerprint density at radius 1 is 1.06 bits per heavy atom. The Hall–Kier alpha value is -0.527. The van der Waals surface area contributed by atoms with Gasteiger partial charge in [-0.3, -0.25) is 0 Å². The van der Waals surface area contributed by atoms with Crippen molar-refractivity contribution in [2.75, 3.05) is 0 Å². The topological polar surface area (TPSA) is 0 Å². The summed E-state index contributed by atoms with van der Waals surface area (Å²) >= 11 is 4.25. The van der Waals surface area contributed by atoms with Crippen molar-refractivity contribution >= 4 is 13.6 Å². The minimum absolute atomic E-state index is 0.156. The molecule has 0 nitrogen and oxygen atoms in total. The summed E-state index contributed by atoms with van der Waals surface area (Å²) in [6, 6.07) is 15.7. The van der Waals surface area contributed by atoms with Crippen LogP contribution in [0.3, 0.4) is 0 Å². The van der Waals surface area contributed by atoms with Gasteiger partial charge in [-0.1, -0.05) is 12.1 Å². The quantitative estimate of drug-likeness (QED) is 0.535. The Labute approximate surface area is 112 Å². The first-order valence-electron chi connectivity index (χ1n) is 4.77. The standard InChI is InChI=1S/C13H10F.BrH.Zn/c1-10-9-12(7-8-13(10)14)11-5-3-2-4-6-11;;/h3-9H,1H3;1H;/q-1;;+2/p-1. The van der Waals surface area contributed by atoms with Crippen LogP contribution in [-0.2, 0) is 16.3 Å². The predicted octanol–water partition coefficient (Wildman–Crippen LogP) is 4.44. The summed E-state index contributed by atoms with van der Waals surface area (Å²) in [5, 5.41) is 0. The van der Waals surface area contributed by atoms with Crippen LogP contribution in [0.4, 0.5) is 4.39 Å². The Bertz CT molecular complexity index is 443. The van der Waals surface area contributed by atoms with Gasteiger partial charge < -0.3 is 0 Å². The van der Waals surface area contributed by atoms with Crippen LogP contribution in [0.5, 0.6) is 0 Å². The van der Waals surface area contributed by atoms with Gasteiger partial charge in [-0.25, -0.2) is 4.39 Å². The third kappa shape index (κ3) is 3.50. The summed E-state index contributed by atoms with van der Waals surface area (Å²) < 4.78 is 13.0. The monoisotopic (exact) mass is 328 g/mol. The van der Waals surface area contributed by atoms with Crippen molar-refractivity contribution in [3.63, 3.8) is 0 Å². The van der Waals surface area contributed by atoms with Gasteiger partial charge >= 0.3 is 30.0 Å². The number of halogens is 2. The zero-order valence-corrected chi connectivity index (χ0v) is 13.6. The average Bonchev–Trinajstić information content (AvgIpc) is 2.36. The predicted molar refractivity (Wildman–Crippen MR) is 64.3 cm³/mol. The second kappa shape index (κ2) is 6.93. The van der Waals surface area contributed by atoms with Gasteiger partial charge in [0.25, 0.3) is 0 Å². The van der Waals surface area contributed by atoms with Gasteiger partial charge in [0.15, 0.2) is 0 Å². The van der Waals surface area contributed by atoms with E-state index in [2.05, 4.69) is 19.7 Å². The molecule has 0 aromatic heterocycles. The van der Waals surface area contributed by atoms with E-state index in [4.69, 9.17) is 0 Å². The molecule has 3 heteroatoms.